The maximum absolute atomic E-state index is 12.7. The van der Waals surface area contributed by atoms with Crippen LogP contribution in [-0.4, -0.2) is 47.0 Å². The lowest BCUT2D eigenvalue weighted by atomic mass is 10.1. The number of amides is 2. The number of rotatable bonds is 7. The van der Waals surface area contributed by atoms with E-state index in [2.05, 4.69) is 11.4 Å². The predicted octanol–water partition coefficient (Wildman–Crippen LogP) is 4.39. The number of nitrogens with zero attached hydrogens (tertiary/aromatic N) is 1. The quantitative estimate of drug-likeness (QED) is 0.673. The van der Waals surface area contributed by atoms with Crippen molar-refractivity contribution in [1.29, 1.82) is 0 Å². The first kappa shape index (κ1) is 20.8. The normalized spacial score (nSPS) is 13.8. The molecule has 156 valence electrons. The second-order valence-electron chi connectivity index (χ2n) is 8.23. The fourth-order valence-corrected chi connectivity index (χ4v) is 3.11. The predicted molar refractivity (Wildman–Crippen MR) is 110 cm³/mol. The van der Waals surface area contributed by atoms with Gasteiger partial charge in [0.25, 0.3) is 0 Å². The Labute approximate surface area is 170 Å². The lowest BCUT2D eigenvalue weighted by molar-refractivity contribution is 0.0216. The molecule has 0 atom stereocenters. The van der Waals surface area contributed by atoms with Gasteiger partial charge in [-0.05, 0) is 56.7 Å². The summed E-state index contributed by atoms with van der Waals surface area (Å²) in [5, 5.41) is 12.9. The Morgan fingerprint density at radius 2 is 1.93 bits per heavy atom. The highest BCUT2D eigenvalue weighted by atomic mass is 16.6. The van der Waals surface area contributed by atoms with Gasteiger partial charge in [-0.1, -0.05) is 24.3 Å². The summed E-state index contributed by atoms with van der Waals surface area (Å²) in [6, 6.07) is 12.0. The summed E-state index contributed by atoms with van der Waals surface area (Å²) in [6.45, 7) is 6.45. The zero-order valence-corrected chi connectivity index (χ0v) is 17.1. The topological polar surface area (TPSA) is 88.1 Å². The van der Waals surface area contributed by atoms with Crippen molar-refractivity contribution in [3.05, 3.63) is 42.0 Å². The van der Waals surface area contributed by atoms with E-state index < -0.39 is 11.7 Å². The molecule has 29 heavy (non-hydrogen) atoms. The zero-order valence-electron chi connectivity index (χ0n) is 17.1. The van der Waals surface area contributed by atoms with Crippen molar-refractivity contribution in [1.82, 2.24) is 10.2 Å². The molecular weight excluding hydrogens is 372 g/mol. The monoisotopic (exact) mass is 400 g/mol. The molecule has 0 heterocycles. The Kier molecular flexibility index (Phi) is 6.15. The van der Waals surface area contributed by atoms with Crippen LogP contribution in [0, 0.1) is 0 Å². The second-order valence-corrected chi connectivity index (χ2v) is 8.23. The van der Waals surface area contributed by atoms with Crippen LogP contribution < -0.4 is 10.1 Å². The Morgan fingerprint density at radius 3 is 2.59 bits per heavy atom. The van der Waals surface area contributed by atoms with Crippen molar-refractivity contribution >= 4 is 23.0 Å². The van der Waals surface area contributed by atoms with Crippen LogP contribution in [0.1, 0.15) is 39.2 Å². The van der Waals surface area contributed by atoms with Crippen molar-refractivity contribution in [2.24, 2.45) is 0 Å². The van der Waals surface area contributed by atoms with E-state index in [0.29, 0.717) is 12.3 Å². The van der Waals surface area contributed by atoms with Gasteiger partial charge in [-0.25, -0.2) is 9.59 Å². The molecule has 0 aliphatic heterocycles. The van der Waals surface area contributed by atoms with E-state index in [0.717, 1.165) is 29.2 Å². The van der Waals surface area contributed by atoms with Crippen LogP contribution in [0.25, 0.3) is 10.8 Å². The van der Waals surface area contributed by atoms with Crippen LogP contribution in [-0.2, 0) is 11.3 Å². The first-order valence-electron chi connectivity index (χ1n) is 9.84. The molecule has 7 heteroatoms. The number of carbonyl (C=O) groups excluding carboxylic acids is 1. The highest BCUT2D eigenvalue weighted by Gasteiger charge is 2.35. The van der Waals surface area contributed by atoms with Crippen molar-refractivity contribution in [2.75, 3.05) is 13.2 Å². The highest BCUT2D eigenvalue weighted by Crippen LogP contribution is 2.33. The summed E-state index contributed by atoms with van der Waals surface area (Å²) >= 11 is 0. The number of ether oxygens (including phenoxy) is 2. The highest BCUT2D eigenvalue weighted by molar-refractivity contribution is 5.89. The molecule has 3 rings (SSSR count). The molecule has 2 amide bonds. The number of carbonyl (C=O) groups is 2. The SMILES string of the molecule is CC(C)(C)OC(=O)N(Cc1cc(OCCNC(=O)O)c2ccccc2c1)C1CC1. The largest absolute Gasteiger partial charge is 0.491 e. The molecule has 1 saturated carbocycles. The van der Waals surface area contributed by atoms with Crippen LogP contribution in [0.2, 0.25) is 0 Å². The summed E-state index contributed by atoms with van der Waals surface area (Å²) in [6.07, 6.45) is 0.583. The summed E-state index contributed by atoms with van der Waals surface area (Å²) < 4.78 is 11.4. The van der Waals surface area contributed by atoms with Crippen molar-refractivity contribution in [3.63, 3.8) is 0 Å². The van der Waals surface area contributed by atoms with Gasteiger partial charge in [-0.3, -0.25) is 0 Å². The second kappa shape index (κ2) is 8.59. The molecule has 0 saturated heterocycles. The first-order valence-corrected chi connectivity index (χ1v) is 9.84. The minimum atomic E-state index is -1.08. The van der Waals surface area contributed by atoms with Crippen molar-refractivity contribution < 1.29 is 24.2 Å². The van der Waals surface area contributed by atoms with E-state index in [9.17, 15) is 9.59 Å². The van der Waals surface area contributed by atoms with Crippen LogP contribution in [0.15, 0.2) is 36.4 Å². The smallest absolute Gasteiger partial charge is 0.410 e. The fourth-order valence-electron chi connectivity index (χ4n) is 3.11. The summed E-state index contributed by atoms with van der Waals surface area (Å²) in [5.41, 5.74) is 0.404. The third kappa shape index (κ3) is 6.01. The molecule has 0 spiro atoms. The van der Waals surface area contributed by atoms with Gasteiger partial charge in [0.05, 0.1) is 6.54 Å². The molecule has 1 fully saturated rings. The summed E-state index contributed by atoms with van der Waals surface area (Å²) in [5.74, 6) is 0.672. The lowest BCUT2D eigenvalue weighted by Crippen LogP contribution is -2.37. The molecule has 2 N–H and O–H groups in total. The van der Waals surface area contributed by atoms with E-state index in [-0.39, 0.29) is 25.3 Å². The lowest BCUT2D eigenvalue weighted by Gasteiger charge is -2.27. The average molecular weight is 400 g/mol. The molecule has 2 aromatic rings. The van der Waals surface area contributed by atoms with E-state index in [4.69, 9.17) is 14.6 Å². The maximum Gasteiger partial charge on any atom is 0.410 e. The number of carboxylic acid groups (broad SMARTS) is 1. The molecular formula is C22H28N2O5. The van der Waals surface area contributed by atoms with E-state index in [1.807, 2.05) is 51.1 Å². The van der Waals surface area contributed by atoms with Crippen LogP contribution in [0.5, 0.6) is 5.75 Å². The van der Waals surface area contributed by atoms with Gasteiger partial charge in [-0.2, -0.15) is 0 Å². The minimum Gasteiger partial charge on any atom is -0.491 e. The molecule has 2 aromatic carbocycles. The maximum atomic E-state index is 12.7. The van der Waals surface area contributed by atoms with Crippen LogP contribution in [0.4, 0.5) is 9.59 Å². The zero-order chi connectivity index (χ0) is 21.0. The van der Waals surface area contributed by atoms with Crippen LogP contribution in [0.3, 0.4) is 0 Å². The molecule has 1 aliphatic carbocycles. The van der Waals surface area contributed by atoms with Gasteiger partial charge in [-0.15, -0.1) is 0 Å². The number of nitrogens with one attached hydrogen (secondary N) is 1. The van der Waals surface area contributed by atoms with Crippen molar-refractivity contribution in [3.8, 4) is 5.75 Å². The van der Waals surface area contributed by atoms with Gasteiger partial charge in [0.2, 0.25) is 0 Å². The first-order chi connectivity index (χ1) is 13.7. The molecule has 1 aliphatic rings. The molecule has 0 radical (unpaired) electrons. The third-order valence-corrected chi connectivity index (χ3v) is 4.49. The average Bonchev–Trinajstić information content (AvgIpc) is 3.46. The van der Waals surface area contributed by atoms with E-state index in [1.54, 1.807) is 4.90 Å². The van der Waals surface area contributed by atoms with Gasteiger partial charge in [0.15, 0.2) is 0 Å². The standard InChI is InChI=1S/C22H28N2O5/c1-22(2,3)29-21(27)24(17-8-9-17)14-15-12-16-6-4-5-7-18(16)19(13-15)28-11-10-23-20(25)26/h4-7,12-13,17,23H,8-11,14H2,1-3H3,(H,25,26). The third-order valence-electron chi connectivity index (χ3n) is 4.49. The summed E-state index contributed by atoms with van der Waals surface area (Å²) in [4.78, 5) is 25.1. The Hall–Kier alpha value is -2.96. The van der Waals surface area contributed by atoms with Gasteiger partial charge >= 0.3 is 12.2 Å². The Bertz CT molecular complexity index is 886. The molecule has 0 aromatic heterocycles. The molecule has 0 unspecified atom stereocenters. The van der Waals surface area contributed by atoms with E-state index >= 15 is 0 Å². The molecule has 0 bridgehead atoms. The number of hydrogen-bond donors (Lipinski definition) is 2. The van der Waals surface area contributed by atoms with Crippen molar-refractivity contribution in [2.45, 2.75) is 51.8 Å². The number of fused-ring (bicyclic) bond motifs is 1. The van der Waals surface area contributed by atoms with Crippen LogP contribution >= 0.6 is 0 Å². The fraction of sp³-hybridized carbons (Fsp3) is 0.455. The Morgan fingerprint density at radius 1 is 1.21 bits per heavy atom. The van der Waals surface area contributed by atoms with Gasteiger partial charge < -0.3 is 24.8 Å². The number of hydrogen-bond acceptors (Lipinski definition) is 4. The Balaban J connectivity index is 1.80. The van der Waals surface area contributed by atoms with Gasteiger partial charge in [0, 0.05) is 18.0 Å². The molecule has 7 nitrogen and oxygen atoms in total. The summed E-state index contributed by atoms with van der Waals surface area (Å²) in [7, 11) is 0. The minimum absolute atomic E-state index is 0.194. The van der Waals surface area contributed by atoms with Gasteiger partial charge in [0.1, 0.15) is 18.0 Å². The number of benzene rings is 2. The van der Waals surface area contributed by atoms with E-state index in [1.165, 1.54) is 0 Å².